The normalized spacial score (nSPS) is 10.5. The van der Waals surface area contributed by atoms with Gasteiger partial charge in [-0.15, -0.1) is 0 Å². The second-order valence-electron chi connectivity index (χ2n) is 7.03. The average molecular weight is 449 g/mol. The molecular weight excluding hydrogens is 424 g/mol. The Morgan fingerprint density at radius 3 is 1.87 bits per heavy atom. The summed E-state index contributed by atoms with van der Waals surface area (Å²) in [5.41, 5.74) is -0.718. The van der Waals surface area contributed by atoms with Gasteiger partial charge in [-0.05, 0) is 37.1 Å². The molecule has 0 saturated heterocycles. The number of benzene rings is 2. The minimum Gasteiger partial charge on any atom is -0.360 e. The van der Waals surface area contributed by atoms with E-state index in [1.165, 1.54) is 0 Å². The number of nitrogens with one attached hydrogen (secondary N) is 1. The molecular formula is C21H25ClN4O5. The van der Waals surface area contributed by atoms with Crippen LogP contribution in [0.15, 0.2) is 36.4 Å². The van der Waals surface area contributed by atoms with Crippen LogP contribution in [0.25, 0.3) is 0 Å². The molecule has 1 amide bonds. The zero-order chi connectivity index (χ0) is 23.0. The molecule has 166 valence electrons. The van der Waals surface area contributed by atoms with Gasteiger partial charge in [-0.3, -0.25) is 25.0 Å². The Kier molecular flexibility index (Phi) is 8.75. The van der Waals surface area contributed by atoms with E-state index in [9.17, 15) is 25.0 Å². The maximum absolute atomic E-state index is 12.7. The zero-order valence-corrected chi connectivity index (χ0v) is 18.2. The summed E-state index contributed by atoms with van der Waals surface area (Å²) in [4.78, 5) is 36.7. The van der Waals surface area contributed by atoms with Gasteiger partial charge in [0.2, 0.25) is 0 Å². The van der Waals surface area contributed by atoms with Crippen LogP contribution in [0.4, 0.5) is 22.7 Å². The molecule has 2 rings (SSSR count). The summed E-state index contributed by atoms with van der Waals surface area (Å²) in [7, 11) is 0. The Bertz CT molecular complexity index is 906. The number of rotatable bonds is 11. The van der Waals surface area contributed by atoms with Crippen LogP contribution in [0.1, 0.15) is 49.9 Å². The molecule has 0 bridgehead atoms. The van der Waals surface area contributed by atoms with Gasteiger partial charge in [0.25, 0.3) is 17.3 Å². The molecule has 9 nitrogen and oxygen atoms in total. The van der Waals surface area contributed by atoms with Crippen molar-refractivity contribution in [1.82, 2.24) is 0 Å². The van der Waals surface area contributed by atoms with Gasteiger partial charge in [0.05, 0.1) is 15.4 Å². The predicted octanol–water partition coefficient (Wildman–Crippen LogP) is 5.82. The van der Waals surface area contributed by atoms with Crippen LogP contribution in [0.2, 0.25) is 5.02 Å². The number of nitro groups is 2. The second-order valence-corrected chi connectivity index (χ2v) is 7.47. The molecule has 0 aliphatic rings. The molecule has 0 atom stereocenters. The van der Waals surface area contributed by atoms with Crippen molar-refractivity contribution in [3.63, 3.8) is 0 Å². The fourth-order valence-electron chi connectivity index (χ4n) is 3.11. The van der Waals surface area contributed by atoms with Gasteiger partial charge in [0, 0.05) is 35.9 Å². The Labute approximate surface area is 185 Å². The highest BCUT2D eigenvalue weighted by Gasteiger charge is 2.32. The molecule has 0 heterocycles. The summed E-state index contributed by atoms with van der Waals surface area (Å²) in [5.74, 6) is -0.686. The van der Waals surface area contributed by atoms with E-state index < -0.39 is 27.1 Å². The fourth-order valence-corrected chi connectivity index (χ4v) is 3.23. The molecule has 0 aromatic heterocycles. The van der Waals surface area contributed by atoms with Crippen molar-refractivity contribution in [2.75, 3.05) is 23.3 Å². The Morgan fingerprint density at radius 1 is 0.968 bits per heavy atom. The fraction of sp³-hybridized carbons (Fsp3) is 0.381. The number of hydrogen-bond donors (Lipinski definition) is 1. The maximum Gasteiger partial charge on any atom is 0.300 e. The molecule has 0 spiro atoms. The quantitative estimate of drug-likeness (QED) is 0.342. The molecule has 0 fully saturated rings. The predicted molar refractivity (Wildman–Crippen MR) is 121 cm³/mol. The number of anilines is 2. The summed E-state index contributed by atoms with van der Waals surface area (Å²) < 4.78 is 0. The lowest BCUT2D eigenvalue weighted by Crippen LogP contribution is -2.27. The largest absolute Gasteiger partial charge is 0.360 e. The number of carbonyl (C=O) groups excluding carboxylic acids is 1. The van der Waals surface area contributed by atoms with E-state index in [2.05, 4.69) is 5.32 Å². The molecule has 0 aliphatic carbocycles. The SMILES string of the molecule is CCCCN(CCCC)c1c([N+](=O)[O-])cc(C(=O)Nc2ccc(Cl)cc2)cc1[N+](=O)[O-]. The van der Waals surface area contributed by atoms with Crippen molar-refractivity contribution < 1.29 is 14.6 Å². The third-order valence-electron chi connectivity index (χ3n) is 4.71. The summed E-state index contributed by atoms with van der Waals surface area (Å²) in [5, 5.41) is 26.7. The van der Waals surface area contributed by atoms with Gasteiger partial charge in [-0.2, -0.15) is 0 Å². The highest BCUT2D eigenvalue weighted by Crippen LogP contribution is 2.39. The standard InChI is InChI=1S/C21H25ClN4O5/c1-3-5-11-24(12-6-4-2)20-18(25(28)29)13-15(14-19(20)26(30)31)21(27)23-17-9-7-16(22)8-10-17/h7-10,13-14H,3-6,11-12H2,1-2H3,(H,23,27). The first-order valence-corrected chi connectivity index (χ1v) is 10.4. The minimum atomic E-state index is -0.686. The molecule has 2 aromatic rings. The van der Waals surface area contributed by atoms with Crippen molar-refractivity contribution >= 4 is 40.3 Å². The number of nitrogens with zero attached hydrogens (tertiary/aromatic N) is 3. The van der Waals surface area contributed by atoms with E-state index >= 15 is 0 Å². The van der Waals surface area contributed by atoms with Crippen molar-refractivity contribution in [3.8, 4) is 0 Å². The topological polar surface area (TPSA) is 119 Å². The lowest BCUT2D eigenvalue weighted by atomic mass is 10.1. The van der Waals surface area contributed by atoms with Crippen LogP contribution in [-0.2, 0) is 0 Å². The number of amides is 1. The minimum absolute atomic E-state index is 0.0556. The Hall–Kier alpha value is -3.20. The van der Waals surface area contributed by atoms with Gasteiger partial charge in [0.1, 0.15) is 0 Å². The number of halogens is 1. The van der Waals surface area contributed by atoms with Crippen LogP contribution < -0.4 is 10.2 Å². The lowest BCUT2D eigenvalue weighted by Gasteiger charge is -2.24. The molecule has 1 N–H and O–H groups in total. The van der Waals surface area contributed by atoms with Crippen molar-refractivity contribution in [1.29, 1.82) is 0 Å². The van der Waals surface area contributed by atoms with Crippen LogP contribution in [0.3, 0.4) is 0 Å². The van der Waals surface area contributed by atoms with E-state index in [-0.39, 0.29) is 11.3 Å². The van der Waals surface area contributed by atoms with Gasteiger partial charge in [-0.25, -0.2) is 0 Å². The summed E-state index contributed by atoms with van der Waals surface area (Å²) in [6.07, 6.45) is 3.14. The van der Waals surface area contributed by atoms with Crippen molar-refractivity contribution in [2.45, 2.75) is 39.5 Å². The van der Waals surface area contributed by atoms with Crippen molar-refractivity contribution in [3.05, 3.63) is 67.2 Å². The molecule has 0 aliphatic heterocycles. The highest BCUT2D eigenvalue weighted by atomic mass is 35.5. The summed E-state index contributed by atoms with van der Waals surface area (Å²) in [6.45, 7) is 4.86. The molecule has 0 unspecified atom stereocenters. The Morgan fingerprint density at radius 2 is 1.45 bits per heavy atom. The summed E-state index contributed by atoms with van der Waals surface area (Å²) in [6, 6.07) is 8.47. The Balaban J connectivity index is 2.53. The summed E-state index contributed by atoms with van der Waals surface area (Å²) >= 11 is 5.83. The molecule has 0 saturated carbocycles. The number of nitro benzene ring substituents is 2. The van der Waals surface area contributed by atoms with E-state index in [0.29, 0.717) is 23.8 Å². The third kappa shape index (κ3) is 6.39. The van der Waals surface area contributed by atoms with E-state index in [1.807, 2.05) is 13.8 Å². The van der Waals surface area contributed by atoms with Gasteiger partial charge >= 0.3 is 0 Å². The van der Waals surface area contributed by atoms with E-state index in [4.69, 9.17) is 11.6 Å². The van der Waals surface area contributed by atoms with Crippen LogP contribution in [0.5, 0.6) is 0 Å². The molecule has 10 heteroatoms. The average Bonchev–Trinajstić information content (AvgIpc) is 2.74. The lowest BCUT2D eigenvalue weighted by molar-refractivity contribution is -0.392. The van der Waals surface area contributed by atoms with Crippen LogP contribution in [0, 0.1) is 20.2 Å². The third-order valence-corrected chi connectivity index (χ3v) is 4.96. The smallest absolute Gasteiger partial charge is 0.300 e. The van der Waals surface area contributed by atoms with E-state index in [0.717, 1.165) is 37.8 Å². The second kappa shape index (κ2) is 11.3. The van der Waals surface area contributed by atoms with Crippen LogP contribution in [-0.4, -0.2) is 28.8 Å². The van der Waals surface area contributed by atoms with Crippen LogP contribution >= 0.6 is 11.6 Å². The zero-order valence-electron chi connectivity index (χ0n) is 17.5. The molecule has 31 heavy (non-hydrogen) atoms. The maximum atomic E-state index is 12.7. The molecule has 0 radical (unpaired) electrons. The van der Waals surface area contributed by atoms with Crippen molar-refractivity contribution in [2.24, 2.45) is 0 Å². The van der Waals surface area contributed by atoms with Gasteiger partial charge in [0.15, 0.2) is 5.69 Å². The first kappa shape index (κ1) is 24.1. The number of hydrogen-bond acceptors (Lipinski definition) is 6. The van der Waals surface area contributed by atoms with E-state index in [1.54, 1.807) is 29.2 Å². The first-order chi connectivity index (χ1) is 14.8. The number of unbranched alkanes of at least 4 members (excludes halogenated alkanes) is 2. The number of carbonyl (C=O) groups is 1. The monoisotopic (exact) mass is 448 g/mol. The molecule has 2 aromatic carbocycles. The first-order valence-electron chi connectivity index (χ1n) is 10.1. The van der Waals surface area contributed by atoms with Gasteiger partial charge in [-0.1, -0.05) is 38.3 Å². The highest BCUT2D eigenvalue weighted by molar-refractivity contribution is 6.30. The van der Waals surface area contributed by atoms with Gasteiger partial charge < -0.3 is 10.2 Å².